The number of nitrogens with zero attached hydrogens (tertiary/aromatic N) is 3. The highest BCUT2D eigenvalue weighted by molar-refractivity contribution is 5.96. The van der Waals surface area contributed by atoms with Crippen molar-refractivity contribution in [3.05, 3.63) is 65.9 Å². The number of aryl methyl sites for hydroxylation is 1. The van der Waals surface area contributed by atoms with Gasteiger partial charge in [-0.1, -0.05) is 30.3 Å². The van der Waals surface area contributed by atoms with Gasteiger partial charge in [-0.2, -0.15) is 0 Å². The van der Waals surface area contributed by atoms with Gasteiger partial charge in [0.2, 0.25) is 0 Å². The van der Waals surface area contributed by atoms with E-state index in [1.807, 2.05) is 24.4 Å². The predicted molar refractivity (Wildman–Crippen MR) is 116 cm³/mol. The maximum Gasteiger partial charge on any atom is 0.335 e. The molecule has 2 aromatic carbocycles. The highest BCUT2D eigenvalue weighted by Crippen LogP contribution is 2.30. The second-order valence-electron chi connectivity index (χ2n) is 7.80. The van der Waals surface area contributed by atoms with Crippen LogP contribution >= 0.6 is 0 Å². The van der Waals surface area contributed by atoms with E-state index in [9.17, 15) is 4.79 Å². The van der Waals surface area contributed by atoms with E-state index in [1.54, 1.807) is 12.1 Å². The predicted octanol–water partition coefficient (Wildman–Crippen LogP) is 3.78. The summed E-state index contributed by atoms with van der Waals surface area (Å²) in [5, 5.41) is 10.3. The highest BCUT2D eigenvalue weighted by atomic mass is 16.4. The van der Waals surface area contributed by atoms with Gasteiger partial charge in [0.25, 0.3) is 0 Å². The molecule has 29 heavy (non-hydrogen) atoms. The molecule has 150 valence electrons. The van der Waals surface area contributed by atoms with E-state index in [0.29, 0.717) is 5.56 Å². The quantitative estimate of drug-likeness (QED) is 0.695. The normalized spacial score (nSPS) is 15.6. The van der Waals surface area contributed by atoms with E-state index >= 15 is 0 Å². The third-order valence-electron chi connectivity index (χ3n) is 5.82. The molecule has 1 aliphatic heterocycles. The minimum absolute atomic E-state index is 0.298. The number of pyridine rings is 1. The lowest BCUT2D eigenvalue weighted by Gasteiger charge is -2.32. The summed E-state index contributed by atoms with van der Waals surface area (Å²) in [4.78, 5) is 20.7. The molecule has 5 nitrogen and oxygen atoms in total. The Bertz CT molecular complexity index is 993. The molecule has 0 bridgehead atoms. The average Bonchev–Trinajstić information content (AvgIpc) is 2.75. The van der Waals surface area contributed by atoms with Gasteiger partial charge in [-0.3, -0.25) is 4.98 Å². The minimum Gasteiger partial charge on any atom is -0.478 e. The third kappa shape index (κ3) is 4.47. The maximum absolute atomic E-state index is 11.1. The number of benzene rings is 2. The van der Waals surface area contributed by atoms with Gasteiger partial charge in [0.15, 0.2) is 0 Å². The number of carbonyl (C=O) groups is 1. The summed E-state index contributed by atoms with van der Waals surface area (Å²) in [5.41, 5.74) is 4.63. The molecule has 0 amide bonds. The molecule has 5 heteroatoms. The largest absolute Gasteiger partial charge is 0.478 e. The van der Waals surface area contributed by atoms with E-state index < -0.39 is 5.97 Å². The van der Waals surface area contributed by atoms with Crippen LogP contribution in [0.2, 0.25) is 0 Å². The molecule has 1 aliphatic rings. The Labute approximate surface area is 171 Å². The van der Waals surface area contributed by atoms with Gasteiger partial charge in [-0.25, -0.2) is 4.79 Å². The average molecular weight is 389 g/mol. The van der Waals surface area contributed by atoms with Crippen molar-refractivity contribution >= 4 is 16.9 Å². The van der Waals surface area contributed by atoms with Gasteiger partial charge >= 0.3 is 5.97 Å². The number of rotatable bonds is 6. The molecule has 0 atom stereocenters. The second-order valence-corrected chi connectivity index (χ2v) is 7.80. The van der Waals surface area contributed by atoms with Gasteiger partial charge in [0.1, 0.15) is 0 Å². The van der Waals surface area contributed by atoms with E-state index in [1.165, 1.54) is 10.9 Å². The van der Waals surface area contributed by atoms with Crippen LogP contribution in [0.1, 0.15) is 22.3 Å². The van der Waals surface area contributed by atoms with Crippen LogP contribution in [0.5, 0.6) is 0 Å². The van der Waals surface area contributed by atoms with Crippen molar-refractivity contribution in [2.45, 2.75) is 12.8 Å². The van der Waals surface area contributed by atoms with E-state index in [-0.39, 0.29) is 0 Å². The van der Waals surface area contributed by atoms with Gasteiger partial charge < -0.3 is 14.9 Å². The molecule has 1 saturated heterocycles. The zero-order chi connectivity index (χ0) is 20.2. The van der Waals surface area contributed by atoms with Crippen LogP contribution in [-0.4, -0.2) is 65.6 Å². The van der Waals surface area contributed by atoms with Crippen LogP contribution in [0.3, 0.4) is 0 Å². The molecule has 0 unspecified atom stereocenters. The number of carboxylic acids is 1. The molecule has 0 radical (unpaired) electrons. The summed E-state index contributed by atoms with van der Waals surface area (Å²) in [5.74, 6) is -0.907. The number of aromatic carboxylic acids is 1. The monoisotopic (exact) mass is 389 g/mol. The maximum atomic E-state index is 11.1. The molecule has 1 aromatic heterocycles. The van der Waals surface area contributed by atoms with Crippen molar-refractivity contribution in [2.24, 2.45) is 0 Å². The van der Waals surface area contributed by atoms with Crippen LogP contribution in [0.25, 0.3) is 22.0 Å². The molecule has 1 fully saturated rings. The van der Waals surface area contributed by atoms with Crippen molar-refractivity contribution in [2.75, 3.05) is 39.8 Å². The molecule has 4 rings (SSSR count). The first-order valence-electron chi connectivity index (χ1n) is 10.2. The second kappa shape index (κ2) is 8.72. The van der Waals surface area contributed by atoms with Gasteiger partial charge in [0.05, 0.1) is 11.1 Å². The molecular formula is C24H27N3O2. The third-order valence-corrected chi connectivity index (χ3v) is 5.82. The van der Waals surface area contributed by atoms with Gasteiger partial charge in [-0.05, 0) is 55.8 Å². The van der Waals surface area contributed by atoms with Crippen molar-refractivity contribution in [1.29, 1.82) is 0 Å². The Hall–Kier alpha value is -2.76. The van der Waals surface area contributed by atoms with Crippen LogP contribution in [0.4, 0.5) is 0 Å². The first-order valence-corrected chi connectivity index (χ1v) is 10.2. The summed E-state index contributed by atoms with van der Waals surface area (Å²) in [6.07, 6.45) is 4.00. The number of hydrogen-bond donors (Lipinski definition) is 1. The topological polar surface area (TPSA) is 56.7 Å². The smallest absolute Gasteiger partial charge is 0.335 e. The highest BCUT2D eigenvalue weighted by Gasteiger charge is 2.14. The number of piperazine rings is 1. The van der Waals surface area contributed by atoms with Crippen LogP contribution in [0, 0.1) is 0 Å². The van der Waals surface area contributed by atoms with Gasteiger partial charge in [-0.15, -0.1) is 0 Å². The Balaban J connectivity index is 1.53. The van der Waals surface area contributed by atoms with Crippen LogP contribution in [-0.2, 0) is 6.42 Å². The minimum atomic E-state index is -0.907. The Morgan fingerprint density at radius 2 is 1.79 bits per heavy atom. The SMILES string of the molecule is CN1CCN(CCCc2ccc(-c3ccc(C(=O)O)cc3)c3ncccc23)CC1. The molecular weight excluding hydrogens is 362 g/mol. The van der Waals surface area contributed by atoms with E-state index in [4.69, 9.17) is 5.11 Å². The zero-order valence-corrected chi connectivity index (χ0v) is 16.8. The van der Waals surface area contributed by atoms with E-state index in [2.05, 4.69) is 40.0 Å². The molecule has 0 spiro atoms. The summed E-state index contributed by atoms with van der Waals surface area (Å²) < 4.78 is 0. The molecule has 0 aliphatic carbocycles. The van der Waals surface area contributed by atoms with Crippen molar-refractivity contribution < 1.29 is 9.90 Å². The first kappa shape index (κ1) is 19.6. The number of hydrogen-bond acceptors (Lipinski definition) is 4. The summed E-state index contributed by atoms with van der Waals surface area (Å²) >= 11 is 0. The fourth-order valence-electron chi connectivity index (χ4n) is 4.04. The Kier molecular flexibility index (Phi) is 5.88. The Morgan fingerprint density at radius 3 is 2.52 bits per heavy atom. The number of aromatic nitrogens is 1. The lowest BCUT2D eigenvalue weighted by atomic mass is 9.96. The van der Waals surface area contributed by atoms with Crippen molar-refractivity contribution in [1.82, 2.24) is 14.8 Å². The van der Waals surface area contributed by atoms with Crippen LogP contribution < -0.4 is 0 Å². The molecule has 0 saturated carbocycles. The van der Waals surface area contributed by atoms with E-state index in [0.717, 1.165) is 62.2 Å². The summed E-state index contributed by atoms with van der Waals surface area (Å²) in [6.45, 7) is 5.76. The molecule has 3 aromatic rings. The summed E-state index contributed by atoms with van der Waals surface area (Å²) in [7, 11) is 2.19. The van der Waals surface area contributed by atoms with Crippen molar-refractivity contribution in [3.63, 3.8) is 0 Å². The lowest BCUT2D eigenvalue weighted by Crippen LogP contribution is -2.44. The number of carboxylic acid groups (broad SMARTS) is 1. The fraction of sp³-hybridized carbons (Fsp3) is 0.333. The molecule has 2 heterocycles. The van der Waals surface area contributed by atoms with Gasteiger partial charge in [0, 0.05) is 43.3 Å². The zero-order valence-electron chi connectivity index (χ0n) is 16.8. The molecule has 1 N–H and O–H groups in total. The summed E-state index contributed by atoms with van der Waals surface area (Å²) in [6, 6.07) is 15.5. The lowest BCUT2D eigenvalue weighted by molar-refractivity contribution is 0.0697. The standard InChI is InChI=1S/C24H27N3O2/c1-26-14-16-27(17-15-26)13-3-4-18-10-11-22(23-21(18)5-2-12-25-23)19-6-8-20(9-7-19)24(28)29/h2,5-12H,3-4,13-17H2,1H3,(H,28,29). The van der Waals surface area contributed by atoms with Crippen LogP contribution in [0.15, 0.2) is 54.7 Å². The fourth-order valence-corrected chi connectivity index (χ4v) is 4.04. The Morgan fingerprint density at radius 1 is 1.03 bits per heavy atom. The van der Waals surface area contributed by atoms with Crippen molar-refractivity contribution in [3.8, 4) is 11.1 Å². The number of likely N-dealkylation sites (N-methyl/N-ethyl adjacent to an activating group) is 1. The number of fused-ring (bicyclic) bond motifs is 1. The first-order chi connectivity index (χ1) is 14.1.